The lowest BCUT2D eigenvalue weighted by Gasteiger charge is -2.22. The van der Waals surface area contributed by atoms with Gasteiger partial charge in [0.25, 0.3) is 0 Å². The van der Waals surface area contributed by atoms with E-state index in [2.05, 4.69) is 11.1 Å². The van der Waals surface area contributed by atoms with E-state index in [1.165, 1.54) is 30.4 Å². The zero-order valence-corrected chi connectivity index (χ0v) is 12.3. The highest BCUT2D eigenvalue weighted by Gasteiger charge is 2.37. The summed E-state index contributed by atoms with van der Waals surface area (Å²) < 4.78 is 0. The molecule has 0 amide bonds. The average Bonchev–Trinajstić information content (AvgIpc) is 3.13. The number of pyridine rings is 1. The van der Waals surface area contributed by atoms with Crippen LogP contribution >= 0.6 is 0 Å². The Morgan fingerprint density at radius 1 is 0.773 bits per heavy atom. The maximum Gasteiger partial charge on any atom is 0.113 e. The summed E-state index contributed by atoms with van der Waals surface area (Å²) >= 11 is 0. The van der Waals surface area contributed by atoms with E-state index in [4.69, 9.17) is 39.2 Å². The van der Waals surface area contributed by atoms with Crippen molar-refractivity contribution in [2.45, 2.75) is 31.1 Å². The predicted octanol–water partition coefficient (Wildman–Crippen LogP) is -1.92. The van der Waals surface area contributed by atoms with Crippen molar-refractivity contribution in [2.75, 3.05) is 0 Å². The summed E-state index contributed by atoms with van der Waals surface area (Å²) in [6.07, 6.45) is 5.70. The quantitative estimate of drug-likeness (QED) is 0.551. The van der Waals surface area contributed by atoms with Gasteiger partial charge in [0, 0.05) is 6.20 Å². The number of aromatic nitrogens is 1. The zero-order valence-electron chi connectivity index (χ0n) is 12.3. The van der Waals surface area contributed by atoms with E-state index >= 15 is 0 Å². The van der Waals surface area contributed by atoms with Crippen LogP contribution in [0.4, 0.5) is 0 Å². The van der Waals surface area contributed by atoms with Crippen molar-refractivity contribution in [1.29, 1.82) is 0 Å². The van der Waals surface area contributed by atoms with Gasteiger partial charge in [-0.2, -0.15) is 0 Å². The lowest BCUT2D eigenvalue weighted by Crippen LogP contribution is -2.55. The first-order valence-electron chi connectivity index (χ1n) is 7.50. The monoisotopic (exact) mass is 271 g/mol. The summed E-state index contributed by atoms with van der Waals surface area (Å²) in [6, 6.07) is 2.09. The molecule has 22 heavy (non-hydrogen) atoms. The topological polar surface area (TPSA) is 12.9 Å². The largest absolute Gasteiger partial charge is 0.256 e. The van der Waals surface area contributed by atoms with Crippen molar-refractivity contribution >= 4 is 66.5 Å². The van der Waals surface area contributed by atoms with Crippen molar-refractivity contribution in [3.05, 3.63) is 23.4 Å². The molecular weight excluding hydrogens is 260 g/mol. The molecule has 1 fully saturated rings. The second-order valence-electron chi connectivity index (χ2n) is 6.35. The van der Waals surface area contributed by atoms with E-state index in [1.807, 2.05) is 6.20 Å². The van der Waals surface area contributed by atoms with Crippen LogP contribution in [0.15, 0.2) is 12.3 Å². The molecular formula is C16H10B5N. The van der Waals surface area contributed by atoms with Crippen LogP contribution < -0.4 is 27.3 Å². The van der Waals surface area contributed by atoms with Gasteiger partial charge < -0.3 is 0 Å². The number of fused-ring (bicyclic) bond motifs is 5. The Labute approximate surface area is 137 Å². The molecule has 2 unspecified atom stereocenters. The fourth-order valence-corrected chi connectivity index (χ4v) is 3.98. The zero-order chi connectivity index (χ0) is 15.6. The molecule has 1 heterocycles. The first kappa shape index (κ1) is 14.3. The van der Waals surface area contributed by atoms with Crippen molar-refractivity contribution in [2.24, 2.45) is 0 Å². The molecule has 0 aliphatic heterocycles. The third kappa shape index (κ3) is 1.82. The minimum absolute atomic E-state index is 0.235. The van der Waals surface area contributed by atoms with E-state index in [0.29, 0.717) is 28.3 Å². The third-order valence-corrected chi connectivity index (χ3v) is 5.24. The van der Waals surface area contributed by atoms with Crippen molar-refractivity contribution in [3.63, 3.8) is 0 Å². The Kier molecular flexibility index (Phi) is 3.15. The molecule has 94 valence electrons. The van der Waals surface area contributed by atoms with Crippen LogP contribution in [0.2, 0.25) is 0 Å². The first-order valence-corrected chi connectivity index (χ1v) is 7.50. The Hall–Kier alpha value is -1.31. The molecule has 2 aromatic rings. The summed E-state index contributed by atoms with van der Waals surface area (Å²) in [4.78, 5) is 4.56. The maximum absolute atomic E-state index is 6.13. The van der Waals surface area contributed by atoms with Crippen molar-refractivity contribution in [3.8, 4) is 11.3 Å². The summed E-state index contributed by atoms with van der Waals surface area (Å²) in [5.74, 6) is 1.30. The summed E-state index contributed by atoms with van der Waals surface area (Å²) in [7, 11) is 30.0. The lowest BCUT2D eigenvalue weighted by atomic mass is 9.60. The number of benzene rings is 1. The molecule has 0 N–H and O–H groups in total. The number of hydrogen-bond donors (Lipinski definition) is 0. The molecule has 1 aromatic heterocycles. The highest BCUT2D eigenvalue weighted by atomic mass is 14.7. The normalized spacial score (nSPS) is 22.0. The molecule has 1 saturated carbocycles. The van der Waals surface area contributed by atoms with E-state index in [0.717, 1.165) is 5.69 Å². The van der Waals surface area contributed by atoms with Gasteiger partial charge in [-0.05, 0) is 53.9 Å². The van der Waals surface area contributed by atoms with Gasteiger partial charge in [0.2, 0.25) is 0 Å². The lowest BCUT2D eigenvalue weighted by molar-refractivity contribution is 0.714. The molecule has 2 aliphatic carbocycles. The molecule has 6 heteroatoms. The number of hydrogen-bond acceptors (Lipinski definition) is 1. The summed E-state index contributed by atoms with van der Waals surface area (Å²) in [6.45, 7) is 0. The molecule has 4 rings (SSSR count). The minimum Gasteiger partial charge on any atom is -0.256 e. The molecule has 0 saturated heterocycles. The van der Waals surface area contributed by atoms with Gasteiger partial charge in [-0.25, -0.2) is 0 Å². The molecule has 2 bridgehead atoms. The van der Waals surface area contributed by atoms with Gasteiger partial charge in [-0.15, -0.1) is 16.4 Å². The summed E-state index contributed by atoms with van der Waals surface area (Å²) in [5.41, 5.74) is 5.52. The van der Waals surface area contributed by atoms with Gasteiger partial charge in [0.1, 0.15) is 39.2 Å². The standard InChI is InChI=1S/C16H10B5N/c17-12-11(13(18)15(20)16(21)14(12)19)10-4-8-6-1-2-7(3-6)9(8)5-22-10/h4-7H,1-3H2. The third-order valence-electron chi connectivity index (χ3n) is 5.24. The Bertz CT molecular complexity index is 773. The predicted molar refractivity (Wildman–Crippen MR) is 95.9 cm³/mol. The van der Waals surface area contributed by atoms with E-state index in [1.54, 1.807) is 0 Å². The van der Waals surface area contributed by atoms with E-state index in [-0.39, 0.29) is 16.4 Å². The second kappa shape index (κ2) is 4.84. The number of rotatable bonds is 1. The minimum atomic E-state index is 0.235. The van der Waals surface area contributed by atoms with Crippen LogP contribution in [-0.4, -0.2) is 44.2 Å². The molecule has 1 aromatic carbocycles. The van der Waals surface area contributed by atoms with Crippen LogP contribution in [0.1, 0.15) is 42.2 Å². The Morgan fingerprint density at radius 2 is 1.32 bits per heavy atom. The van der Waals surface area contributed by atoms with Crippen LogP contribution in [0.5, 0.6) is 0 Å². The molecule has 2 atom stereocenters. The maximum atomic E-state index is 6.13. The van der Waals surface area contributed by atoms with Crippen molar-refractivity contribution in [1.82, 2.24) is 4.98 Å². The van der Waals surface area contributed by atoms with Gasteiger partial charge in [-0.3, -0.25) is 4.98 Å². The summed E-state index contributed by atoms with van der Waals surface area (Å²) in [5, 5.41) is 0. The molecule has 10 radical (unpaired) electrons. The fourth-order valence-electron chi connectivity index (χ4n) is 3.98. The SMILES string of the molecule is [B]c1c([B])c([B])c(-c2cc3c(cn2)C2CCC3C2)c([B])c1[B]. The number of nitrogens with zero attached hydrogens (tertiary/aromatic N) is 1. The first-order chi connectivity index (χ1) is 10.5. The molecule has 1 nitrogen and oxygen atoms in total. The van der Waals surface area contributed by atoms with Gasteiger partial charge in [0.05, 0.1) is 5.69 Å². The van der Waals surface area contributed by atoms with Crippen LogP contribution in [0.3, 0.4) is 0 Å². The smallest absolute Gasteiger partial charge is 0.113 e. The van der Waals surface area contributed by atoms with Crippen LogP contribution in [0.25, 0.3) is 11.3 Å². The Morgan fingerprint density at radius 3 is 1.95 bits per heavy atom. The van der Waals surface area contributed by atoms with Crippen LogP contribution in [-0.2, 0) is 0 Å². The molecule has 0 spiro atoms. The van der Waals surface area contributed by atoms with E-state index < -0.39 is 0 Å². The second-order valence-corrected chi connectivity index (χ2v) is 6.35. The van der Waals surface area contributed by atoms with Gasteiger partial charge in [-0.1, -0.05) is 10.9 Å². The highest BCUT2D eigenvalue weighted by Crippen LogP contribution is 2.53. The Balaban J connectivity index is 1.93. The fraction of sp³-hybridized carbons (Fsp3) is 0.312. The van der Waals surface area contributed by atoms with Gasteiger partial charge >= 0.3 is 0 Å². The van der Waals surface area contributed by atoms with E-state index in [9.17, 15) is 0 Å². The van der Waals surface area contributed by atoms with Crippen LogP contribution in [0, 0.1) is 0 Å². The van der Waals surface area contributed by atoms with Crippen molar-refractivity contribution < 1.29 is 0 Å². The van der Waals surface area contributed by atoms with Gasteiger partial charge in [0.15, 0.2) is 0 Å². The average molecular weight is 270 g/mol. The molecule has 2 aliphatic rings. The highest BCUT2D eigenvalue weighted by molar-refractivity contribution is 6.68.